The van der Waals surface area contributed by atoms with E-state index in [9.17, 15) is 0 Å². The number of anilines is 2. The van der Waals surface area contributed by atoms with Crippen molar-refractivity contribution in [1.29, 1.82) is 0 Å². The first-order valence-corrected chi connectivity index (χ1v) is 25.3. The summed E-state index contributed by atoms with van der Waals surface area (Å²) in [6.07, 6.45) is 0. The molecular weight excluding hydrogens is 813 g/mol. The van der Waals surface area contributed by atoms with Crippen molar-refractivity contribution < 1.29 is 0 Å². The first-order valence-electron chi connectivity index (χ1n) is 22.6. The molecule has 2 atom stereocenters. The smallest absolute Gasteiger partial charge is 0.163 e. The van der Waals surface area contributed by atoms with Gasteiger partial charge in [-0.2, -0.15) is 0 Å². The Balaban J connectivity index is 1.43. The molecule has 64 heavy (non-hydrogen) atoms. The Morgan fingerprint density at radius 1 is 0.359 bits per heavy atom. The standard InChI is InChI=1S/C59H61N3P2/c1-34-26-40(7)52(41(8)27-34)48-20-16-21-49(53-42(9)28-35(2)29-43(53)10)57(48)61-59(60-56-38(5)18-15-19-39(56)6)63-24-25-64(61)62(63)58-50(54-44(11)30-36(3)31-45(54)12)22-17-23-51(58)55-46(13)32-37(4)33-47(55)14/h15-33H,1-14H3. The topological polar surface area (TPSA) is 18.8 Å². The fourth-order valence-corrected chi connectivity index (χ4v) is 17.2. The molecule has 9 rings (SSSR count). The number of benzene rings is 7. The predicted molar refractivity (Wildman–Crippen MR) is 282 cm³/mol. The summed E-state index contributed by atoms with van der Waals surface area (Å²) in [4.78, 5) is 5.95. The van der Waals surface area contributed by atoms with E-state index in [2.05, 4.69) is 221 Å². The lowest BCUT2D eigenvalue weighted by molar-refractivity contribution is 1.30. The molecule has 2 unspecified atom stereocenters. The number of rotatable bonds is 7. The number of nitrogens with zero attached hydrogens (tertiary/aromatic N) is 3. The van der Waals surface area contributed by atoms with Crippen LogP contribution in [0.1, 0.15) is 77.9 Å². The minimum Gasteiger partial charge on any atom is -0.297 e. The molecule has 0 amide bonds. The highest BCUT2D eigenvalue weighted by molar-refractivity contribution is 7.98. The van der Waals surface area contributed by atoms with E-state index >= 15 is 0 Å². The summed E-state index contributed by atoms with van der Waals surface area (Å²) in [5.41, 5.74) is 33.0. The number of aliphatic imine (C=N–C) groups is 1. The molecule has 0 saturated carbocycles. The molecule has 0 radical (unpaired) electrons. The van der Waals surface area contributed by atoms with Crippen molar-refractivity contribution in [1.82, 2.24) is 0 Å². The van der Waals surface area contributed by atoms with Crippen LogP contribution >= 0.6 is 16.3 Å². The monoisotopic (exact) mass is 873 g/mol. The van der Waals surface area contributed by atoms with Gasteiger partial charge in [0.05, 0.1) is 25.1 Å². The molecule has 0 N–H and O–H groups in total. The number of aryl methyl sites for hydroxylation is 14. The zero-order valence-electron chi connectivity index (χ0n) is 40.2. The first kappa shape index (κ1) is 43.7. The zero-order valence-corrected chi connectivity index (χ0v) is 42.0. The van der Waals surface area contributed by atoms with Crippen LogP contribution in [-0.4, -0.2) is 5.58 Å². The van der Waals surface area contributed by atoms with E-state index in [1.54, 1.807) is 0 Å². The summed E-state index contributed by atoms with van der Waals surface area (Å²) in [5.74, 6) is 5.06. The molecule has 322 valence electrons. The van der Waals surface area contributed by atoms with Gasteiger partial charge in [-0.15, -0.1) is 0 Å². The van der Waals surface area contributed by atoms with Crippen molar-refractivity contribution in [3.8, 4) is 44.5 Å². The molecule has 5 heteroatoms. The van der Waals surface area contributed by atoms with Crippen LogP contribution in [0.15, 0.2) is 120 Å². The molecule has 7 aromatic carbocycles. The molecular formula is C59H61N3P2. The van der Waals surface area contributed by atoms with Gasteiger partial charge in [-0.05, 0) is 186 Å². The van der Waals surface area contributed by atoms with E-state index in [1.807, 2.05) is 0 Å². The lowest BCUT2D eigenvalue weighted by Gasteiger charge is -2.34. The van der Waals surface area contributed by atoms with E-state index < -0.39 is 16.3 Å². The summed E-state index contributed by atoms with van der Waals surface area (Å²) in [7, 11) is -2.24. The fraction of sp³-hybridized carbons (Fsp3) is 0.237. The molecule has 1 saturated heterocycles. The summed E-state index contributed by atoms with van der Waals surface area (Å²) in [5, 5.41) is 0. The molecule has 2 aliphatic heterocycles. The van der Waals surface area contributed by atoms with Gasteiger partial charge >= 0.3 is 0 Å². The molecule has 7 aromatic rings. The number of para-hydroxylation sites is 3. The Morgan fingerprint density at radius 2 is 0.672 bits per heavy atom. The van der Waals surface area contributed by atoms with E-state index in [1.165, 1.54) is 134 Å². The van der Waals surface area contributed by atoms with Gasteiger partial charge < -0.3 is 0 Å². The van der Waals surface area contributed by atoms with Crippen LogP contribution in [0.2, 0.25) is 0 Å². The summed E-state index contributed by atoms with van der Waals surface area (Å²) in [6.45, 7) is 31.6. The van der Waals surface area contributed by atoms with Crippen LogP contribution in [-0.2, 0) is 0 Å². The second-order valence-corrected chi connectivity index (χ2v) is 22.6. The quantitative estimate of drug-likeness (QED) is 0.149. The second-order valence-electron chi connectivity index (χ2n) is 18.7. The maximum absolute atomic E-state index is 5.95. The highest BCUT2D eigenvalue weighted by Crippen LogP contribution is 2.79. The molecule has 0 aliphatic carbocycles. The van der Waals surface area contributed by atoms with Crippen molar-refractivity contribution >= 4 is 38.9 Å². The molecule has 2 bridgehead atoms. The van der Waals surface area contributed by atoms with Crippen LogP contribution in [0.4, 0.5) is 17.1 Å². The van der Waals surface area contributed by atoms with Gasteiger partial charge in [0.1, 0.15) is 8.22 Å². The predicted octanol–water partition coefficient (Wildman–Crippen LogP) is 17.9. The third-order valence-electron chi connectivity index (χ3n) is 13.3. The third-order valence-corrected chi connectivity index (χ3v) is 18.3. The van der Waals surface area contributed by atoms with Gasteiger partial charge in [-0.25, -0.2) is 4.99 Å². The maximum Gasteiger partial charge on any atom is 0.163 e. The Labute approximate surface area is 385 Å². The molecule has 0 aromatic heterocycles. The maximum atomic E-state index is 5.95. The number of fused-ring (bicyclic) bond motifs is 2. The number of hydrogen-bond donors (Lipinski definition) is 0. The van der Waals surface area contributed by atoms with Crippen molar-refractivity contribution in [3.63, 3.8) is 0 Å². The summed E-state index contributed by atoms with van der Waals surface area (Å²) in [6, 6.07) is 39.5. The van der Waals surface area contributed by atoms with Crippen LogP contribution < -0.4 is 9.11 Å². The van der Waals surface area contributed by atoms with Crippen LogP contribution in [0.5, 0.6) is 0 Å². The van der Waals surface area contributed by atoms with Gasteiger partial charge in [-0.3, -0.25) is 9.11 Å². The second kappa shape index (κ2) is 16.8. The van der Waals surface area contributed by atoms with Crippen LogP contribution in [0.25, 0.3) is 44.5 Å². The average molecular weight is 874 g/mol. The summed E-state index contributed by atoms with van der Waals surface area (Å²) >= 11 is 0. The minimum absolute atomic E-state index is 1.07. The normalized spacial score (nSPS) is 16.2. The van der Waals surface area contributed by atoms with Gasteiger partial charge in [0.25, 0.3) is 0 Å². The molecule has 1 fully saturated rings. The van der Waals surface area contributed by atoms with Crippen molar-refractivity contribution in [2.75, 3.05) is 9.11 Å². The van der Waals surface area contributed by atoms with E-state index in [0.29, 0.717) is 0 Å². The van der Waals surface area contributed by atoms with Crippen LogP contribution in [0.3, 0.4) is 0 Å². The van der Waals surface area contributed by atoms with E-state index in [-0.39, 0.29) is 0 Å². The Hall–Kier alpha value is -5.59. The summed E-state index contributed by atoms with van der Waals surface area (Å²) < 4.78 is 5.56. The van der Waals surface area contributed by atoms with Crippen molar-refractivity contribution in [2.24, 2.45) is 4.99 Å². The van der Waals surface area contributed by atoms with Gasteiger partial charge in [-0.1, -0.05) is 125 Å². The first-order chi connectivity index (χ1) is 30.5. The Bertz CT molecular complexity index is 2870. The largest absolute Gasteiger partial charge is 0.297 e. The van der Waals surface area contributed by atoms with Gasteiger partial charge in [0.2, 0.25) is 0 Å². The van der Waals surface area contributed by atoms with E-state index in [0.717, 1.165) is 11.3 Å². The van der Waals surface area contributed by atoms with Crippen LogP contribution in [0, 0.1) is 96.9 Å². The van der Waals surface area contributed by atoms with Crippen molar-refractivity contribution in [3.05, 3.63) is 193 Å². The average Bonchev–Trinajstić information content (AvgIpc) is 3.74. The Kier molecular flexibility index (Phi) is 11.4. The lowest BCUT2D eigenvalue weighted by Crippen LogP contribution is -2.21. The zero-order chi connectivity index (χ0) is 45.5. The minimum atomic E-state index is -1.15. The molecule has 2 heterocycles. The fourth-order valence-electron chi connectivity index (χ4n) is 11.2. The van der Waals surface area contributed by atoms with Crippen molar-refractivity contribution in [2.45, 2.75) is 96.9 Å². The lowest BCUT2D eigenvalue weighted by atomic mass is 9.87. The highest BCUT2D eigenvalue weighted by Gasteiger charge is 2.51. The third kappa shape index (κ3) is 7.36. The van der Waals surface area contributed by atoms with E-state index in [4.69, 9.17) is 4.99 Å². The Morgan fingerprint density at radius 3 is 1.02 bits per heavy atom. The van der Waals surface area contributed by atoms with Gasteiger partial charge in [0, 0.05) is 22.3 Å². The molecule has 2 aliphatic rings. The number of hydrogen-bond acceptors (Lipinski definition) is 2. The number of amidine groups is 1. The highest BCUT2D eigenvalue weighted by atomic mass is 31.2. The molecule has 3 nitrogen and oxygen atoms in total. The molecule has 0 spiro atoms. The van der Waals surface area contributed by atoms with Gasteiger partial charge in [0.15, 0.2) is 5.58 Å². The SMILES string of the molecule is Cc1cc(C)c(-c2cccc(-c3c(C)cc(C)cc3C)c2N2C(=Nc3c(C)cccc3C)P3C=CP2N3c2c(-c3c(C)cc(C)cc3C)cccc2-c2c(C)cc(C)cc2C)c(C)c1.